The summed E-state index contributed by atoms with van der Waals surface area (Å²) in [6.45, 7) is 8.85. The number of hydrogen-bond donors (Lipinski definition) is 0. The van der Waals surface area contributed by atoms with Gasteiger partial charge in [0.15, 0.2) is 0 Å². The Hall–Kier alpha value is -0.330. The molecule has 14 heavy (non-hydrogen) atoms. The maximum Gasteiger partial charge on any atom is 0.139 e. The first kappa shape index (κ1) is 11.7. The van der Waals surface area contributed by atoms with Gasteiger partial charge in [0.05, 0.1) is 0 Å². The fourth-order valence-electron chi connectivity index (χ4n) is 2.63. The van der Waals surface area contributed by atoms with Crippen molar-refractivity contribution in [3.8, 4) is 0 Å². The molecule has 1 nitrogen and oxygen atoms in total. The number of hydrogen-bond acceptors (Lipinski definition) is 1. The second kappa shape index (κ2) is 4.95. The van der Waals surface area contributed by atoms with Crippen molar-refractivity contribution in [3.05, 3.63) is 0 Å². The first-order chi connectivity index (χ1) is 6.50. The van der Waals surface area contributed by atoms with Gasteiger partial charge >= 0.3 is 0 Å². The molecule has 0 spiro atoms. The average molecular weight is 196 g/mol. The molecule has 1 saturated carbocycles. The van der Waals surface area contributed by atoms with Gasteiger partial charge in [-0.25, -0.2) is 0 Å². The molecular formula is C13H24O. The molecule has 1 aliphatic rings. The van der Waals surface area contributed by atoms with E-state index in [1.807, 2.05) is 0 Å². The van der Waals surface area contributed by atoms with Gasteiger partial charge in [0, 0.05) is 11.8 Å². The van der Waals surface area contributed by atoms with Gasteiger partial charge in [-0.05, 0) is 37.5 Å². The maximum absolute atomic E-state index is 12.0. The monoisotopic (exact) mass is 196 g/mol. The molecule has 0 radical (unpaired) electrons. The molecule has 1 fully saturated rings. The first-order valence-electron chi connectivity index (χ1n) is 6.04. The highest BCUT2D eigenvalue weighted by molar-refractivity contribution is 5.85. The van der Waals surface area contributed by atoms with Crippen LogP contribution in [0.3, 0.4) is 0 Å². The summed E-state index contributed by atoms with van der Waals surface area (Å²) in [6.07, 6.45) is 4.50. The van der Waals surface area contributed by atoms with Gasteiger partial charge in [0.2, 0.25) is 0 Å². The second-order valence-electron chi connectivity index (χ2n) is 5.63. The highest BCUT2D eigenvalue weighted by atomic mass is 16.1. The minimum Gasteiger partial charge on any atom is -0.299 e. The van der Waals surface area contributed by atoms with Crippen molar-refractivity contribution in [2.45, 2.75) is 53.4 Å². The zero-order valence-electron chi connectivity index (χ0n) is 10.0. The smallest absolute Gasteiger partial charge is 0.139 e. The number of carbonyl (C=O) groups excluding carboxylic acids is 1. The van der Waals surface area contributed by atoms with E-state index in [9.17, 15) is 4.79 Å². The normalized spacial score (nSPS) is 28.0. The summed E-state index contributed by atoms with van der Waals surface area (Å²) in [7, 11) is 0. The summed E-state index contributed by atoms with van der Waals surface area (Å²) >= 11 is 0. The van der Waals surface area contributed by atoms with Crippen LogP contribution in [-0.4, -0.2) is 5.78 Å². The molecule has 0 amide bonds. The van der Waals surface area contributed by atoms with Crippen molar-refractivity contribution >= 4 is 5.78 Å². The fraction of sp³-hybridized carbons (Fsp3) is 0.923. The molecule has 0 N–H and O–H groups in total. The van der Waals surface area contributed by atoms with Crippen LogP contribution in [-0.2, 0) is 4.79 Å². The predicted molar refractivity (Wildman–Crippen MR) is 60.1 cm³/mol. The number of carbonyl (C=O) groups is 1. The average Bonchev–Trinajstić information content (AvgIpc) is 2.34. The summed E-state index contributed by atoms with van der Waals surface area (Å²) in [5.41, 5.74) is 0. The lowest BCUT2D eigenvalue weighted by Crippen LogP contribution is -2.17. The standard InChI is InChI=1S/C13H24O/c1-9(2)7-11-5-6-12(13(11)14)8-10(3)4/h9-12H,5-8H2,1-4H3. The SMILES string of the molecule is CC(C)CC1CCC(CC(C)C)C1=O. The van der Waals surface area contributed by atoms with E-state index < -0.39 is 0 Å². The van der Waals surface area contributed by atoms with Crippen molar-refractivity contribution in [3.63, 3.8) is 0 Å². The lowest BCUT2D eigenvalue weighted by Gasteiger charge is -2.13. The Labute approximate surface area is 88.3 Å². The Morgan fingerprint density at radius 2 is 1.36 bits per heavy atom. The number of Topliss-reactive ketones (excluding diaryl/α,β-unsaturated/α-hetero) is 1. The van der Waals surface area contributed by atoms with E-state index in [2.05, 4.69) is 27.7 Å². The second-order valence-corrected chi connectivity index (χ2v) is 5.63. The Morgan fingerprint density at radius 1 is 1.00 bits per heavy atom. The van der Waals surface area contributed by atoms with Crippen LogP contribution in [0.1, 0.15) is 53.4 Å². The van der Waals surface area contributed by atoms with Gasteiger partial charge in [-0.1, -0.05) is 27.7 Å². The summed E-state index contributed by atoms with van der Waals surface area (Å²) < 4.78 is 0. The molecule has 0 aliphatic heterocycles. The van der Waals surface area contributed by atoms with E-state index in [0.717, 1.165) is 25.7 Å². The topological polar surface area (TPSA) is 17.1 Å². The van der Waals surface area contributed by atoms with Gasteiger partial charge in [-0.2, -0.15) is 0 Å². The van der Waals surface area contributed by atoms with Crippen LogP contribution >= 0.6 is 0 Å². The third-order valence-electron chi connectivity index (χ3n) is 3.18. The summed E-state index contributed by atoms with van der Waals surface area (Å²) in [6, 6.07) is 0. The predicted octanol–water partition coefficient (Wildman–Crippen LogP) is 3.67. The summed E-state index contributed by atoms with van der Waals surface area (Å²) in [5.74, 6) is 2.67. The lowest BCUT2D eigenvalue weighted by atomic mass is 9.90. The molecule has 0 saturated heterocycles. The third-order valence-corrected chi connectivity index (χ3v) is 3.18. The molecule has 1 rings (SSSR count). The zero-order valence-corrected chi connectivity index (χ0v) is 10.0. The highest BCUT2D eigenvalue weighted by Crippen LogP contribution is 2.34. The van der Waals surface area contributed by atoms with Gasteiger partial charge < -0.3 is 0 Å². The third kappa shape index (κ3) is 3.11. The maximum atomic E-state index is 12.0. The molecule has 0 aromatic rings. The summed E-state index contributed by atoms with van der Waals surface area (Å²) in [4.78, 5) is 12.0. The van der Waals surface area contributed by atoms with Gasteiger partial charge in [-0.15, -0.1) is 0 Å². The van der Waals surface area contributed by atoms with Gasteiger partial charge in [0.25, 0.3) is 0 Å². The Morgan fingerprint density at radius 3 is 1.64 bits per heavy atom. The fourth-order valence-corrected chi connectivity index (χ4v) is 2.63. The quantitative estimate of drug-likeness (QED) is 0.670. The molecule has 2 unspecified atom stereocenters. The van der Waals surface area contributed by atoms with E-state index >= 15 is 0 Å². The number of rotatable bonds is 4. The van der Waals surface area contributed by atoms with Crippen LogP contribution in [0.5, 0.6) is 0 Å². The van der Waals surface area contributed by atoms with E-state index in [4.69, 9.17) is 0 Å². The van der Waals surface area contributed by atoms with Crippen LogP contribution < -0.4 is 0 Å². The minimum atomic E-state index is 0.388. The molecule has 1 aliphatic carbocycles. The van der Waals surface area contributed by atoms with Crippen molar-refractivity contribution < 1.29 is 4.79 Å². The molecule has 0 heterocycles. The Bertz CT molecular complexity index is 173. The highest BCUT2D eigenvalue weighted by Gasteiger charge is 2.34. The van der Waals surface area contributed by atoms with Crippen LogP contribution in [0.25, 0.3) is 0 Å². The molecule has 1 heteroatoms. The Kier molecular flexibility index (Phi) is 4.15. The van der Waals surface area contributed by atoms with Gasteiger partial charge in [0.1, 0.15) is 5.78 Å². The minimum absolute atomic E-state index is 0.388. The molecule has 2 atom stereocenters. The van der Waals surface area contributed by atoms with E-state index in [0.29, 0.717) is 29.5 Å². The van der Waals surface area contributed by atoms with Gasteiger partial charge in [-0.3, -0.25) is 4.79 Å². The largest absolute Gasteiger partial charge is 0.299 e. The lowest BCUT2D eigenvalue weighted by molar-refractivity contribution is -0.124. The van der Waals surface area contributed by atoms with E-state index in [1.165, 1.54) is 0 Å². The molecular weight excluding hydrogens is 172 g/mol. The van der Waals surface area contributed by atoms with Crippen molar-refractivity contribution in [2.75, 3.05) is 0 Å². The van der Waals surface area contributed by atoms with Crippen LogP contribution in [0.4, 0.5) is 0 Å². The van der Waals surface area contributed by atoms with Crippen LogP contribution in [0.15, 0.2) is 0 Å². The van der Waals surface area contributed by atoms with Crippen molar-refractivity contribution in [1.82, 2.24) is 0 Å². The van der Waals surface area contributed by atoms with E-state index in [1.54, 1.807) is 0 Å². The molecule has 0 aromatic heterocycles. The zero-order chi connectivity index (χ0) is 10.7. The Balaban J connectivity index is 2.43. The first-order valence-corrected chi connectivity index (χ1v) is 6.04. The van der Waals surface area contributed by atoms with Crippen molar-refractivity contribution in [1.29, 1.82) is 0 Å². The van der Waals surface area contributed by atoms with E-state index in [-0.39, 0.29) is 0 Å². The summed E-state index contributed by atoms with van der Waals surface area (Å²) in [5, 5.41) is 0. The van der Waals surface area contributed by atoms with Crippen LogP contribution in [0.2, 0.25) is 0 Å². The molecule has 82 valence electrons. The molecule has 0 bridgehead atoms. The van der Waals surface area contributed by atoms with Crippen LogP contribution in [0, 0.1) is 23.7 Å². The van der Waals surface area contributed by atoms with Crippen molar-refractivity contribution in [2.24, 2.45) is 23.7 Å². The molecule has 0 aromatic carbocycles. The number of ketones is 1.